The van der Waals surface area contributed by atoms with Crippen LogP contribution in [-0.2, 0) is 6.61 Å². The Morgan fingerprint density at radius 1 is 1.22 bits per heavy atom. The summed E-state index contributed by atoms with van der Waals surface area (Å²) in [6.07, 6.45) is 0. The first kappa shape index (κ1) is 12.5. The van der Waals surface area contributed by atoms with Crippen molar-refractivity contribution < 1.29 is 14.2 Å². The average molecular weight is 247 g/mol. The van der Waals surface area contributed by atoms with Gasteiger partial charge in [-0.15, -0.1) is 0 Å². The zero-order valence-electron chi connectivity index (χ0n) is 10.3. The van der Waals surface area contributed by atoms with Crippen molar-refractivity contribution in [3.63, 3.8) is 0 Å². The van der Waals surface area contributed by atoms with Crippen LogP contribution in [-0.4, -0.2) is 10.1 Å². The summed E-state index contributed by atoms with van der Waals surface area (Å²) in [6.45, 7) is 3.56. The van der Waals surface area contributed by atoms with Gasteiger partial charge >= 0.3 is 0 Å². The lowest BCUT2D eigenvalue weighted by Crippen LogP contribution is -1.95. The zero-order chi connectivity index (χ0) is 13.1. The molecule has 1 N–H and O–H groups in total. The van der Waals surface area contributed by atoms with E-state index in [-0.39, 0.29) is 12.4 Å². The van der Waals surface area contributed by atoms with Crippen LogP contribution in [0.2, 0.25) is 0 Å². The van der Waals surface area contributed by atoms with Gasteiger partial charge in [-0.1, -0.05) is 6.07 Å². The predicted molar refractivity (Wildman–Crippen MR) is 66.1 cm³/mol. The largest absolute Gasteiger partial charge is 0.439 e. The monoisotopic (exact) mass is 247 g/mol. The van der Waals surface area contributed by atoms with Crippen molar-refractivity contribution in [3.8, 4) is 11.6 Å². The molecule has 18 heavy (non-hydrogen) atoms. The van der Waals surface area contributed by atoms with Crippen LogP contribution < -0.4 is 4.74 Å². The summed E-state index contributed by atoms with van der Waals surface area (Å²) in [5, 5.41) is 9.11. The van der Waals surface area contributed by atoms with E-state index < -0.39 is 0 Å². The Morgan fingerprint density at radius 2 is 2.00 bits per heavy atom. The van der Waals surface area contributed by atoms with Crippen molar-refractivity contribution in [2.45, 2.75) is 20.5 Å². The number of aryl methyl sites for hydroxylation is 2. The van der Waals surface area contributed by atoms with Crippen molar-refractivity contribution in [3.05, 3.63) is 53.0 Å². The number of pyridine rings is 1. The molecule has 1 aromatic heterocycles. The molecule has 0 fully saturated rings. The lowest BCUT2D eigenvalue weighted by atomic mass is 10.2. The number of hydrogen-bond acceptors (Lipinski definition) is 3. The van der Waals surface area contributed by atoms with Crippen LogP contribution in [0.4, 0.5) is 4.39 Å². The Labute approximate surface area is 105 Å². The maximum Gasteiger partial charge on any atom is 0.219 e. The van der Waals surface area contributed by atoms with Crippen molar-refractivity contribution in [1.29, 1.82) is 0 Å². The highest BCUT2D eigenvalue weighted by Gasteiger charge is 2.06. The third kappa shape index (κ3) is 2.84. The van der Waals surface area contributed by atoms with E-state index in [2.05, 4.69) is 4.98 Å². The van der Waals surface area contributed by atoms with Gasteiger partial charge in [-0.05, 0) is 37.1 Å². The number of aromatic nitrogens is 1. The molecule has 0 amide bonds. The van der Waals surface area contributed by atoms with E-state index in [1.54, 1.807) is 18.2 Å². The van der Waals surface area contributed by atoms with Crippen LogP contribution in [0.25, 0.3) is 0 Å². The van der Waals surface area contributed by atoms with Gasteiger partial charge in [-0.25, -0.2) is 9.37 Å². The van der Waals surface area contributed by atoms with Gasteiger partial charge in [0, 0.05) is 17.8 Å². The van der Waals surface area contributed by atoms with Crippen LogP contribution in [0.5, 0.6) is 11.6 Å². The molecule has 94 valence electrons. The molecule has 0 unspecified atom stereocenters. The summed E-state index contributed by atoms with van der Waals surface area (Å²) in [4.78, 5) is 4.19. The maximum absolute atomic E-state index is 13.1. The van der Waals surface area contributed by atoms with E-state index in [1.165, 1.54) is 12.1 Å². The maximum atomic E-state index is 13.1. The second kappa shape index (κ2) is 5.14. The molecular formula is C14H14FNO2. The molecule has 0 atom stereocenters. The SMILES string of the molecule is Cc1cc(CO)cc(Oc2cc(F)ccc2C)n1. The minimum Gasteiger partial charge on any atom is -0.439 e. The van der Waals surface area contributed by atoms with Crippen molar-refractivity contribution in [1.82, 2.24) is 4.98 Å². The van der Waals surface area contributed by atoms with E-state index in [0.29, 0.717) is 17.2 Å². The predicted octanol–water partition coefficient (Wildman–Crippen LogP) is 3.12. The molecule has 0 aliphatic rings. The van der Waals surface area contributed by atoms with Crippen molar-refractivity contribution in [2.75, 3.05) is 0 Å². The molecule has 0 saturated heterocycles. The van der Waals surface area contributed by atoms with Gasteiger partial charge in [0.2, 0.25) is 5.88 Å². The van der Waals surface area contributed by atoms with Gasteiger partial charge < -0.3 is 9.84 Å². The van der Waals surface area contributed by atoms with Gasteiger partial charge in [-0.3, -0.25) is 0 Å². The third-order valence-corrected chi connectivity index (χ3v) is 2.54. The molecule has 2 rings (SSSR count). The Bertz CT molecular complexity index is 570. The Morgan fingerprint density at radius 3 is 2.72 bits per heavy atom. The summed E-state index contributed by atoms with van der Waals surface area (Å²) < 4.78 is 18.7. The van der Waals surface area contributed by atoms with Crippen molar-refractivity contribution in [2.24, 2.45) is 0 Å². The van der Waals surface area contributed by atoms with Gasteiger partial charge in [-0.2, -0.15) is 0 Å². The summed E-state index contributed by atoms with van der Waals surface area (Å²) in [6, 6.07) is 7.75. The lowest BCUT2D eigenvalue weighted by molar-refractivity contribution is 0.281. The number of rotatable bonds is 3. The summed E-state index contributed by atoms with van der Waals surface area (Å²) in [5.74, 6) is 0.426. The van der Waals surface area contributed by atoms with Gasteiger partial charge in [0.25, 0.3) is 0 Å². The summed E-state index contributed by atoms with van der Waals surface area (Å²) >= 11 is 0. The van der Waals surface area contributed by atoms with Crippen LogP contribution in [0.15, 0.2) is 30.3 Å². The first-order valence-electron chi connectivity index (χ1n) is 5.61. The molecule has 0 aliphatic carbocycles. The average Bonchev–Trinajstić information content (AvgIpc) is 2.33. The third-order valence-electron chi connectivity index (χ3n) is 2.54. The van der Waals surface area contributed by atoms with E-state index in [9.17, 15) is 4.39 Å². The Balaban J connectivity index is 2.33. The molecule has 3 nitrogen and oxygen atoms in total. The van der Waals surface area contributed by atoms with Crippen molar-refractivity contribution >= 4 is 0 Å². The summed E-state index contributed by atoms with van der Waals surface area (Å²) in [5.41, 5.74) is 2.28. The number of halogens is 1. The highest BCUT2D eigenvalue weighted by atomic mass is 19.1. The van der Waals surface area contributed by atoms with Crippen LogP contribution in [0.3, 0.4) is 0 Å². The number of benzene rings is 1. The molecule has 0 aliphatic heterocycles. The van der Waals surface area contributed by atoms with Crippen LogP contribution in [0, 0.1) is 19.7 Å². The standard InChI is InChI=1S/C14H14FNO2/c1-9-3-4-12(15)7-13(9)18-14-6-11(8-17)5-10(2)16-14/h3-7,17H,8H2,1-2H3. The lowest BCUT2D eigenvalue weighted by Gasteiger charge is -2.09. The quantitative estimate of drug-likeness (QED) is 0.906. The van der Waals surface area contributed by atoms with Gasteiger partial charge in [0.05, 0.1) is 6.61 Å². The number of ether oxygens (including phenoxy) is 1. The first-order chi connectivity index (χ1) is 8.58. The number of hydrogen-bond donors (Lipinski definition) is 1. The molecule has 1 heterocycles. The smallest absolute Gasteiger partial charge is 0.219 e. The Hall–Kier alpha value is -1.94. The molecule has 0 spiro atoms. The zero-order valence-corrected chi connectivity index (χ0v) is 10.3. The fourth-order valence-corrected chi connectivity index (χ4v) is 1.65. The second-order valence-electron chi connectivity index (χ2n) is 4.13. The molecular weight excluding hydrogens is 233 g/mol. The van der Waals surface area contributed by atoms with Crippen LogP contribution >= 0.6 is 0 Å². The van der Waals surface area contributed by atoms with Gasteiger partial charge in [0.1, 0.15) is 11.6 Å². The minimum absolute atomic E-state index is 0.0815. The molecule has 0 saturated carbocycles. The molecule has 4 heteroatoms. The van der Waals surface area contributed by atoms with E-state index in [4.69, 9.17) is 9.84 Å². The van der Waals surface area contributed by atoms with Gasteiger partial charge in [0.15, 0.2) is 0 Å². The van der Waals surface area contributed by atoms with E-state index in [0.717, 1.165) is 11.3 Å². The highest BCUT2D eigenvalue weighted by Crippen LogP contribution is 2.25. The molecule has 0 bridgehead atoms. The number of aliphatic hydroxyl groups excluding tert-OH is 1. The van der Waals surface area contributed by atoms with Crippen LogP contribution in [0.1, 0.15) is 16.8 Å². The molecule has 2 aromatic rings. The van der Waals surface area contributed by atoms with E-state index in [1.807, 2.05) is 13.8 Å². The number of nitrogens with zero attached hydrogens (tertiary/aromatic N) is 1. The highest BCUT2D eigenvalue weighted by molar-refractivity contribution is 5.36. The number of aliphatic hydroxyl groups is 1. The molecule has 1 aromatic carbocycles. The topological polar surface area (TPSA) is 42.4 Å². The summed E-state index contributed by atoms with van der Waals surface area (Å²) in [7, 11) is 0. The fraction of sp³-hybridized carbons (Fsp3) is 0.214. The fourth-order valence-electron chi connectivity index (χ4n) is 1.65. The first-order valence-corrected chi connectivity index (χ1v) is 5.61. The second-order valence-corrected chi connectivity index (χ2v) is 4.13. The minimum atomic E-state index is -0.356. The normalized spacial score (nSPS) is 10.4. The Kier molecular flexibility index (Phi) is 3.58. The molecule has 0 radical (unpaired) electrons. The van der Waals surface area contributed by atoms with E-state index >= 15 is 0 Å².